The number of rotatable bonds is 4. The lowest BCUT2D eigenvalue weighted by Gasteiger charge is -2.21. The van der Waals surface area contributed by atoms with Crippen LogP contribution in [0, 0.1) is 0 Å². The summed E-state index contributed by atoms with van der Waals surface area (Å²) in [6.45, 7) is 5.64. The molecule has 0 spiro atoms. The largest absolute Gasteiger partial charge is 0.380 e. The number of hydrogen-bond donors (Lipinski definition) is 1. The molecule has 1 aliphatic rings. The van der Waals surface area contributed by atoms with E-state index in [9.17, 15) is 0 Å². The maximum Gasteiger partial charge on any atom is 0.151 e. The number of pyridine rings is 1. The predicted octanol–water partition coefficient (Wildman–Crippen LogP) is 1.84. The Labute approximate surface area is 125 Å². The number of ether oxygens (including phenoxy) is 1. The van der Waals surface area contributed by atoms with Crippen LogP contribution < -0.4 is 10.6 Å². The van der Waals surface area contributed by atoms with Gasteiger partial charge in [0.25, 0.3) is 0 Å². The summed E-state index contributed by atoms with van der Waals surface area (Å²) in [6, 6.07) is 6.30. The summed E-state index contributed by atoms with van der Waals surface area (Å²) in [7, 11) is 0. The molecule has 0 aromatic carbocycles. The van der Waals surface area contributed by atoms with Crippen LogP contribution in [-0.2, 0) is 11.2 Å². The molecule has 2 aromatic rings. The van der Waals surface area contributed by atoms with Gasteiger partial charge in [0.05, 0.1) is 12.3 Å². The summed E-state index contributed by atoms with van der Waals surface area (Å²) in [5.41, 5.74) is 8.42. The Kier molecular flexibility index (Phi) is 4.41. The summed E-state index contributed by atoms with van der Waals surface area (Å²) in [5, 5.41) is 0. The average Bonchev–Trinajstić information content (AvgIpc) is 2.70. The smallest absolute Gasteiger partial charge is 0.151 e. The summed E-state index contributed by atoms with van der Waals surface area (Å²) in [6.07, 6.45) is 4.96. The van der Waals surface area contributed by atoms with Gasteiger partial charge in [-0.05, 0) is 25.0 Å². The van der Waals surface area contributed by atoms with Gasteiger partial charge >= 0.3 is 0 Å². The lowest BCUT2D eigenvalue weighted by atomic mass is 10.1. The Hall–Kier alpha value is -1.59. The molecular weight excluding hydrogens is 264 g/mol. The van der Waals surface area contributed by atoms with Crippen LogP contribution in [0.4, 0.5) is 5.82 Å². The fourth-order valence-corrected chi connectivity index (χ4v) is 2.83. The number of fused-ring (bicyclic) bond motifs is 1. The molecule has 5 nitrogen and oxygen atoms in total. The van der Waals surface area contributed by atoms with Crippen molar-refractivity contribution in [3.05, 3.63) is 30.1 Å². The topological polar surface area (TPSA) is 55.8 Å². The minimum Gasteiger partial charge on any atom is -0.380 e. The van der Waals surface area contributed by atoms with Crippen LogP contribution in [0.25, 0.3) is 5.65 Å². The van der Waals surface area contributed by atoms with Gasteiger partial charge in [-0.2, -0.15) is 0 Å². The van der Waals surface area contributed by atoms with Gasteiger partial charge in [0, 0.05) is 38.4 Å². The first-order chi connectivity index (χ1) is 10.3. The van der Waals surface area contributed by atoms with E-state index in [-0.39, 0.29) is 6.04 Å². The van der Waals surface area contributed by atoms with E-state index in [1.165, 1.54) is 5.69 Å². The molecular formula is C16H24N4O. The van der Waals surface area contributed by atoms with Gasteiger partial charge in [-0.3, -0.25) is 0 Å². The number of aromatic nitrogens is 2. The van der Waals surface area contributed by atoms with Gasteiger partial charge < -0.3 is 19.8 Å². The van der Waals surface area contributed by atoms with Crippen LogP contribution in [0.1, 0.15) is 25.5 Å². The Morgan fingerprint density at radius 1 is 1.33 bits per heavy atom. The Balaban J connectivity index is 2.00. The van der Waals surface area contributed by atoms with E-state index in [2.05, 4.69) is 28.5 Å². The predicted molar refractivity (Wildman–Crippen MR) is 84.8 cm³/mol. The van der Waals surface area contributed by atoms with Crippen molar-refractivity contribution in [2.45, 2.75) is 32.2 Å². The van der Waals surface area contributed by atoms with Crippen LogP contribution >= 0.6 is 0 Å². The molecule has 0 saturated carbocycles. The first-order valence-electron chi connectivity index (χ1n) is 7.84. The van der Waals surface area contributed by atoms with Crippen LogP contribution in [0.3, 0.4) is 0 Å². The second-order valence-corrected chi connectivity index (χ2v) is 5.64. The van der Waals surface area contributed by atoms with E-state index in [1.807, 2.05) is 12.1 Å². The summed E-state index contributed by atoms with van der Waals surface area (Å²) < 4.78 is 7.74. The minimum absolute atomic E-state index is 0.173. The monoisotopic (exact) mass is 288 g/mol. The second kappa shape index (κ2) is 6.45. The third kappa shape index (κ3) is 3.04. The van der Waals surface area contributed by atoms with Gasteiger partial charge in [-0.1, -0.05) is 13.0 Å². The maximum atomic E-state index is 6.20. The van der Waals surface area contributed by atoms with Gasteiger partial charge in [-0.15, -0.1) is 0 Å². The van der Waals surface area contributed by atoms with Gasteiger partial charge in [0.1, 0.15) is 5.65 Å². The van der Waals surface area contributed by atoms with E-state index < -0.39 is 0 Å². The molecule has 0 amide bonds. The molecule has 0 bridgehead atoms. The number of anilines is 1. The third-order valence-corrected chi connectivity index (χ3v) is 4.11. The molecule has 1 unspecified atom stereocenters. The number of nitrogens with zero attached hydrogens (tertiary/aromatic N) is 3. The number of nitrogens with two attached hydrogens (primary N) is 1. The van der Waals surface area contributed by atoms with Crippen molar-refractivity contribution in [3.63, 3.8) is 0 Å². The van der Waals surface area contributed by atoms with Gasteiger partial charge in [0.15, 0.2) is 5.82 Å². The van der Waals surface area contributed by atoms with E-state index in [0.717, 1.165) is 57.0 Å². The van der Waals surface area contributed by atoms with Crippen molar-refractivity contribution in [1.29, 1.82) is 0 Å². The maximum absolute atomic E-state index is 6.20. The van der Waals surface area contributed by atoms with Crippen molar-refractivity contribution >= 4 is 11.5 Å². The van der Waals surface area contributed by atoms with Gasteiger partial charge in [0.2, 0.25) is 0 Å². The molecule has 2 N–H and O–H groups in total. The van der Waals surface area contributed by atoms with Crippen molar-refractivity contribution < 1.29 is 4.74 Å². The van der Waals surface area contributed by atoms with Crippen LogP contribution in [0.5, 0.6) is 0 Å². The normalized spacial score (nSPS) is 17.9. The molecule has 0 radical (unpaired) electrons. The zero-order chi connectivity index (χ0) is 14.7. The standard InChI is InChI=1S/C16H24N4O/c1-2-13(17)12-14-16(19-7-5-10-21-11-9-19)18-15-6-3-4-8-20(14)15/h3-4,6,8,13H,2,5,7,9-12,17H2,1H3. The molecule has 1 saturated heterocycles. The number of hydrogen-bond acceptors (Lipinski definition) is 4. The molecule has 0 aliphatic carbocycles. The molecule has 114 valence electrons. The highest BCUT2D eigenvalue weighted by atomic mass is 16.5. The molecule has 3 rings (SSSR count). The van der Waals surface area contributed by atoms with E-state index in [0.29, 0.717) is 0 Å². The first-order valence-corrected chi connectivity index (χ1v) is 7.84. The molecule has 5 heteroatoms. The minimum atomic E-state index is 0.173. The SMILES string of the molecule is CCC(N)Cc1c(N2CCCOCC2)nc2ccccn12. The lowest BCUT2D eigenvalue weighted by molar-refractivity contribution is 0.152. The zero-order valence-electron chi connectivity index (χ0n) is 12.7. The molecule has 3 heterocycles. The quantitative estimate of drug-likeness (QED) is 0.932. The van der Waals surface area contributed by atoms with Gasteiger partial charge in [-0.25, -0.2) is 4.98 Å². The van der Waals surface area contributed by atoms with Crippen LogP contribution in [0.2, 0.25) is 0 Å². The zero-order valence-corrected chi connectivity index (χ0v) is 12.7. The first kappa shape index (κ1) is 14.4. The van der Waals surface area contributed by atoms with E-state index in [1.54, 1.807) is 0 Å². The van der Waals surface area contributed by atoms with Crippen molar-refractivity contribution in [3.8, 4) is 0 Å². The van der Waals surface area contributed by atoms with E-state index >= 15 is 0 Å². The number of imidazole rings is 1. The van der Waals surface area contributed by atoms with Crippen LogP contribution in [-0.4, -0.2) is 41.7 Å². The molecule has 2 aromatic heterocycles. The van der Waals surface area contributed by atoms with Crippen molar-refractivity contribution in [1.82, 2.24) is 9.38 Å². The van der Waals surface area contributed by atoms with E-state index in [4.69, 9.17) is 15.5 Å². The van der Waals surface area contributed by atoms with Crippen molar-refractivity contribution in [2.24, 2.45) is 5.73 Å². The third-order valence-electron chi connectivity index (χ3n) is 4.11. The molecule has 1 atom stereocenters. The lowest BCUT2D eigenvalue weighted by Crippen LogP contribution is -2.29. The fraction of sp³-hybridized carbons (Fsp3) is 0.562. The summed E-state index contributed by atoms with van der Waals surface area (Å²) >= 11 is 0. The van der Waals surface area contributed by atoms with Crippen LogP contribution in [0.15, 0.2) is 24.4 Å². The highest BCUT2D eigenvalue weighted by Gasteiger charge is 2.20. The average molecular weight is 288 g/mol. The molecule has 21 heavy (non-hydrogen) atoms. The Bertz CT molecular complexity index is 587. The highest BCUT2D eigenvalue weighted by molar-refractivity contribution is 5.56. The Morgan fingerprint density at radius 2 is 2.24 bits per heavy atom. The molecule has 1 fully saturated rings. The summed E-state index contributed by atoms with van der Waals surface area (Å²) in [4.78, 5) is 7.19. The summed E-state index contributed by atoms with van der Waals surface area (Å²) in [5.74, 6) is 1.08. The highest BCUT2D eigenvalue weighted by Crippen LogP contribution is 2.24. The van der Waals surface area contributed by atoms with Crippen molar-refractivity contribution in [2.75, 3.05) is 31.2 Å². The Morgan fingerprint density at radius 3 is 3.10 bits per heavy atom. The fourth-order valence-electron chi connectivity index (χ4n) is 2.83. The molecule has 1 aliphatic heterocycles. The second-order valence-electron chi connectivity index (χ2n) is 5.64.